The number of carbonyl (C=O) groups is 1. The van der Waals surface area contributed by atoms with E-state index in [0.29, 0.717) is 12.0 Å². The summed E-state index contributed by atoms with van der Waals surface area (Å²) in [4.78, 5) is 12.7. The van der Waals surface area contributed by atoms with Gasteiger partial charge < -0.3 is 5.73 Å². The van der Waals surface area contributed by atoms with Gasteiger partial charge >= 0.3 is 0 Å². The fourth-order valence-electron chi connectivity index (χ4n) is 2.37. The van der Waals surface area contributed by atoms with Crippen LogP contribution in [0.5, 0.6) is 0 Å². The Kier molecular flexibility index (Phi) is 4.13. The molecule has 0 saturated heterocycles. The summed E-state index contributed by atoms with van der Waals surface area (Å²) in [5, 5.41) is 0. The number of ketones is 1. The molecular formula is C17H19NO. The Balaban J connectivity index is 2.43. The maximum atomic E-state index is 12.7. The summed E-state index contributed by atoms with van der Waals surface area (Å²) in [6, 6.07) is 18.9. The zero-order chi connectivity index (χ0) is 13.7. The summed E-state index contributed by atoms with van der Waals surface area (Å²) < 4.78 is 0. The molecule has 98 valence electrons. The molecule has 0 saturated carbocycles. The Bertz CT molecular complexity index is 536. The van der Waals surface area contributed by atoms with Crippen molar-refractivity contribution in [1.29, 1.82) is 0 Å². The summed E-state index contributed by atoms with van der Waals surface area (Å²) in [6.45, 7) is 2.04. The molecule has 1 atom stereocenters. The summed E-state index contributed by atoms with van der Waals surface area (Å²) in [6.07, 6.45) is 1.51. The minimum Gasteiger partial charge on any atom is -0.315 e. The van der Waals surface area contributed by atoms with Crippen molar-refractivity contribution in [1.82, 2.24) is 0 Å². The van der Waals surface area contributed by atoms with Crippen LogP contribution >= 0.6 is 0 Å². The van der Waals surface area contributed by atoms with Crippen molar-refractivity contribution in [3.63, 3.8) is 0 Å². The number of rotatable bonds is 5. The van der Waals surface area contributed by atoms with Crippen LogP contribution in [-0.4, -0.2) is 5.78 Å². The van der Waals surface area contributed by atoms with E-state index in [-0.39, 0.29) is 5.78 Å². The second kappa shape index (κ2) is 5.81. The van der Waals surface area contributed by atoms with Gasteiger partial charge in [-0.25, -0.2) is 0 Å². The first-order valence-electron chi connectivity index (χ1n) is 6.62. The molecule has 2 aromatic carbocycles. The van der Waals surface area contributed by atoms with Crippen molar-refractivity contribution < 1.29 is 4.79 Å². The molecule has 2 N–H and O–H groups in total. The normalized spacial score (nSPS) is 13.8. The van der Waals surface area contributed by atoms with Crippen LogP contribution in [-0.2, 0) is 5.54 Å². The first-order valence-corrected chi connectivity index (χ1v) is 6.62. The SMILES string of the molecule is CCCC(N)(C(=O)c1ccccc1)c1ccccc1. The molecule has 2 aromatic rings. The van der Waals surface area contributed by atoms with Crippen LogP contribution in [0.3, 0.4) is 0 Å². The molecule has 0 aromatic heterocycles. The zero-order valence-electron chi connectivity index (χ0n) is 11.2. The Morgan fingerprint density at radius 2 is 1.53 bits per heavy atom. The van der Waals surface area contributed by atoms with Gasteiger partial charge in [0.15, 0.2) is 5.78 Å². The molecule has 19 heavy (non-hydrogen) atoms. The topological polar surface area (TPSA) is 43.1 Å². The molecule has 0 aliphatic rings. The molecule has 0 spiro atoms. The third kappa shape index (κ3) is 2.74. The van der Waals surface area contributed by atoms with Crippen molar-refractivity contribution in [2.45, 2.75) is 25.3 Å². The first-order chi connectivity index (χ1) is 9.18. The number of Topliss-reactive ketones (excluding diaryl/α,β-unsaturated/α-hetero) is 1. The maximum absolute atomic E-state index is 12.7. The van der Waals surface area contributed by atoms with Crippen molar-refractivity contribution >= 4 is 5.78 Å². The molecule has 1 unspecified atom stereocenters. The molecule has 0 bridgehead atoms. The second-order valence-electron chi connectivity index (χ2n) is 4.78. The lowest BCUT2D eigenvalue weighted by atomic mass is 9.80. The molecule has 0 radical (unpaired) electrons. The Morgan fingerprint density at radius 1 is 1.00 bits per heavy atom. The van der Waals surface area contributed by atoms with E-state index in [4.69, 9.17) is 5.73 Å². The maximum Gasteiger partial charge on any atom is 0.187 e. The summed E-state index contributed by atoms with van der Waals surface area (Å²) in [5.41, 5.74) is 7.07. The predicted molar refractivity (Wildman–Crippen MR) is 78.0 cm³/mol. The van der Waals surface area contributed by atoms with Gasteiger partial charge in [0, 0.05) is 5.56 Å². The van der Waals surface area contributed by atoms with E-state index in [1.54, 1.807) is 0 Å². The van der Waals surface area contributed by atoms with E-state index in [9.17, 15) is 4.79 Å². The molecule has 2 heteroatoms. The van der Waals surface area contributed by atoms with Crippen molar-refractivity contribution in [3.05, 3.63) is 71.8 Å². The minimum absolute atomic E-state index is 0.0128. The molecule has 2 nitrogen and oxygen atoms in total. The van der Waals surface area contributed by atoms with E-state index in [1.165, 1.54) is 0 Å². The highest BCUT2D eigenvalue weighted by Crippen LogP contribution is 2.28. The predicted octanol–water partition coefficient (Wildman–Crippen LogP) is 3.52. The van der Waals surface area contributed by atoms with E-state index in [2.05, 4.69) is 0 Å². The molecule has 2 rings (SSSR count). The lowest BCUT2D eigenvalue weighted by Gasteiger charge is -2.28. The highest BCUT2D eigenvalue weighted by molar-refractivity contribution is 6.03. The standard InChI is InChI=1S/C17H19NO/c1-2-13-17(18,15-11-7-4-8-12-15)16(19)14-9-5-3-6-10-14/h3-12H,2,13,18H2,1H3. The molecule has 0 heterocycles. The molecule has 0 aliphatic heterocycles. The van der Waals surface area contributed by atoms with Crippen LogP contribution < -0.4 is 5.73 Å². The zero-order valence-corrected chi connectivity index (χ0v) is 11.2. The highest BCUT2D eigenvalue weighted by atomic mass is 16.1. The lowest BCUT2D eigenvalue weighted by Crippen LogP contribution is -2.44. The molecule has 0 amide bonds. The third-order valence-corrected chi connectivity index (χ3v) is 3.37. The smallest absolute Gasteiger partial charge is 0.187 e. The number of carbonyl (C=O) groups excluding carboxylic acids is 1. The Hall–Kier alpha value is -1.93. The van der Waals surface area contributed by atoms with E-state index in [0.717, 1.165) is 12.0 Å². The number of benzene rings is 2. The molecule has 0 aliphatic carbocycles. The van der Waals surface area contributed by atoms with E-state index < -0.39 is 5.54 Å². The first kappa shape index (κ1) is 13.5. The second-order valence-corrected chi connectivity index (χ2v) is 4.78. The van der Waals surface area contributed by atoms with E-state index in [1.807, 2.05) is 67.6 Å². The monoisotopic (exact) mass is 253 g/mol. The van der Waals surface area contributed by atoms with Crippen LogP contribution in [0.2, 0.25) is 0 Å². The van der Waals surface area contributed by atoms with E-state index >= 15 is 0 Å². The minimum atomic E-state index is -0.933. The van der Waals surface area contributed by atoms with Crippen LogP contribution in [0, 0.1) is 0 Å². The quantitative estimate of drug-likeness (QED) is 0.828. The number of hydrogen-bond donors (Lipinski definition) is 1. The average molecular weight is 253 g/mol. The Labute approximate surface area is 114 Å². The summed E-state index contributed by atoms with van der Waals surface area (Å²) in [7, 11) is 0. The third-order valence-electron chi connectivity index (χ3n) is 3.37. The lowest BCUT2D eigenvalue weighted by molar-refractivity contribution is 0.0876. The highest BCUT2D eigenvalue weighted by Gasteiger charge is 2.35. The van der Waals surface area contributed by atoms with Gasteiger partial charge in [-0.1, -0.05) is 74.0 Å². The fourth-order valence-corrected chi connectivity index (χ4v) is 2.37. The number of hydrogen-bond acceptors (Lipinski definition) is 2. The van der Waals surface area contributed by atoms with Gasteiger partial charge in [-0.05, 0) is 12.0 Å². The largest absolute Gasteiger partial charge is 0.315 e. The average Bonchev–Trinajstić information content (AvgIpc) is 2.48. The summed E-state index contributed by atoms with van der Waals surface area (Å²) in [5.74, 6) is -0.0128. The van der Waals surface area contributed by atoms with Crippen LogP contribution in [0.4, 0.5) is 0 Å². The molecular weight excluding hydrogens is 234 g/mol. The van der Waals surface area contributed by atoms with Crippen molar-refractivity contribution in [3.8, 4) is 0 Å². The Morgan fingerprint density at radius 3 is 2.05 bits per heavy atom. The van der Waals surface area contributed by atoms with Gasteiger partial charge in [0.05, 0.1) is 0 Å². The van der Waals surface area contributed by atoms with Gasteiger partial charge in [0.25, 0.3) is 0 Å². The van der Waals surface area contributed by atoms with Crippen LogP contribution in [0.1, 0.15) is 35.7 Å². The van der Waals surface area contributed by atoms with Gasteiger partial charge in [-0.2, -0.15) is 0 Å². The number of nitrogens with two attached hydrogens (primary N) is 1. The fraction of sp³-hybridized carbons (Fsp3) is 0.235. The van der Waals surface area contributed by atoms with Gasteiger partial charge in [0.1, 0.15) is 5.54 Å². The van der Waals surface area contributed by atoms with Gasteiger partial charge in [-0.15, -0.1) is 0 Å². The van der Waals surface area contributed by atoms with Crippen LogP contribution in [0.25, 0.3) is 0 Å². The van der Waals surface area contributed by atoms with Crippen LogP contribution in [0.15, 0.2) is 60.7 Å². The molecule has 0 fully saturated rings. The van der Waals surface area contributed by atoms with Crippen molar-refractivity contribution in [2.75, 3.05) is 0 Å². The van der Waals surface area contributed by atoms with Gasteiger partial charge in [0.2, 0.25) is 0 Å². The van der Waals surface area contributed by atoms with Crippen molar-refractivity contribution in [2.24, 2.45) is 5.73 Å². The van der Waals surface area contributed by atoms with Gasteiger partial charge in [-0.3, -0.25) is 4.79 Å². The summed E-state index contributed by atoms with van der Waals surface area (Å²) >= 11 is 0.